The summed E-state index contributed by atoms with van der Waals surface area (Å²) in [6.07, 6.45) is -11.0. The quantitative estimate of drug-likeness (QED) is 0.225. The van der Waals surface area contributed by atoms with Gasteiger partial charge in [-0.3, -0.25) is 4.79 Å². The van der Waals surface area contributed by atoms with Gasteiger partial charge in [-0.2, -0.15) is 0 Å². The zero-order chi connectivity index (χ0) is 19.6. The fraction of sp³-hybridized carbons (Fsp3) is 0.929. The van der Waals surface area contributed by atoms with E-state index in [0.29, 0.717) is 0 Å². The number of rotatable bonds is 5. The molecule has 0 radical (unpaired) electrons. The summed E-state index contributed by atoms with van der Waals surface area (Å²) in [5, 5.41) is 61.1. The SMILES string of the molecule is CC(=O)N[C@@H]1[C@@H](O)[C@H](O)[C@@H](CO[C@H]2O[C@H](CO)[C@@H](O)[C@H](O)[C@H]2N)O[C@@H]1O. The lowest BCUT2D eigenvalue weighted by Gasteiger charge is -2.43. The van der Waals surface area contributed by atoms with E-state index in [4.69, 9.17) is 25.1 Å². The highest BCUT2D eigenvalue weighted by molar-refractivity contribution is 5.73. The molecule has 12 heteroatoms. The zero-order valence-corrected chi connectivity index (χ0v) is 14.1. The van der Waals surface area contributed by atoms with Gasteiger partial charge in [-0.25, -0.2) is 0 Å². The molecule has 152 valence electrons. The summed E-state index contributed by atoms with van der Waals surface area (Å²) in [5.74, 6) is -0.525. The van der Waals surface area contributed by atoms with Gasteiger partial charge in [0.15, 0.2) is 12.6 Å². The van der Waals surface area contributed by atoms with Crippen molar-refractivity contribution < 1.29 is 49.6 Å². The lowest BCUT2D eigenvalue weighted by atomic mass is 9.96. The van der Waals surface area contributed by atoms with E-state index < -0.39 is 73.8 Å². The van der Waals surface area contributed by atoms with Crippen molar-refractivity contribution in [2.24, 2.45) is 5.73 Å². The van der Waals surface area contributed by atoms with Crippen LogP contribution in [0.5, 0.6) is 0 Å². The second-order valence-electron chi connectivity index (χ2n) is 6.39. The van der Waals surface area contributed by atoms with Crippen molar-refractivity contribution in [1.29, 1.82) is 0 Å². The topological polar surface area (TPSA) is 204 Å². The first-order valence-corrected chi connectivity index (χ1v) is 8.13. The molecule has 10 atom stereocenters. The van der Waals surface area contributed by atoms with Crippen LogP contribution in [-0.4, -0.2) is 111 Å². The normalized spacial score (nSPS) is 46.8. The Kier molecular flexibility index (Phi) is 7.27. The molecule has 26 heavy (non-hydrogen) atoms. The Balaban J connectivity index is 1.95. The Labute approximate surface area is 149 Å². The second-order valence-corrected chi connectivity index (χ2v) is 6.39. The van der Waals surface area contributed by atoms with Gasteiger partial charge in [0.05, 0.1) is 19.3 Å². The number of aliphatic hydroxyl groups is 6. The summed E-state index contributed by atoms with van der Waals surface area (Å²) in [5.41, 5.74) is 5.72. The molecule has 0 aliphatic carbocycles. The third-order valence-corrected chi connectivity index (χ3v) is 4.44. The molecule has 0 aromatic carbocycles. The van der Waals surface area contributed by atoms with Crippen LogP contribution in [0.3, 0.4) is 0 Å². The maximum Gasteiger partial charge on any atom is 0.217 e. The van der Waals surface area contributed by atoms with Crippen molar-refractivity contribution in [2.75, 3.05) is 13.2 Å². The van der Waals surface area contributed by atoms with E-state index in [9.17, 15) is 30.3 Å². The Hall–Kier alpha value is -0.930. The minimum absolute atomic E-state index is 0.387. The third kappa shape index (κ3) is 4.48. The molecular weight excluding hydrogens is 356 g/mol. The van der Waals surface area contributed by atoms with E-state index in [1.54, 1.807) is 0 Å². The number of ether oxygens (including phenoxy) is 3. The average Bonchev–Trinajstić information content (AvgIpc) is 2.59. The zero-order valence-electron chi connectivity index (χ0n) is 14.1. The Bertz CT molecular complexity index is 481. The number of amides is 1. The molecule has 1 amide bonds. The summed E-state index contributed by atoms with van der Waals surface area (Å²) >= 11 is 0. The molecule has 2 heterocycles. The van der Waals surface area contributed by atoms with Crippen molar-refractivity contribution in [3.8, 4) is 0 Å². The fourth-order valence-electron chi connectivity index (χ4n) is 2.92. The van der Waals surface area contributed by atoms with Crippen LogP contribution in [0.4, 0.5) is 0 Å². The largest absolute Gasteiger partial charge is 0.394 e. The first kappa shape index (κ1) is 21.4. The van der Waals surface area contributed by atoms with Crippen LogP contribution >= 0.6 is 0 Å². The van der Waals surface area contributed by atoms with E-state index in [2.05, 4.69) is 5.32 Å². The summed E-state index contributed by atoms with van der Waals surface area (Å²) in [6.45, 7) is 0.213. The van der Waals surface area contributed by atoms with Gasteiger partial charge in [-0.15, -0.1) is 0 Å². The molecule has 12 nitrogen and oxygen atoms in total. The van der Waals surface area contributed by atoms with Crippen LogP contribution in [0.15, 0.2) is 0 Å². The smallest absolute Gasteiger partial charge is 0.217 e. The summed E-state index contributed by atoms with van der Waals surface area (Å²) in [4.78, 5) is 11.1. The van der Waals surface area contributed by atoms with Crippen LogP contribution in [0.1, 0.15) is 6.92 Å². The summed E-state index contributed by atoms with van der Waals surface area (Å²) in [6, 6.07) is -2.36. The van der Waals surface area contributed by atoms with Gasteiger partial charge in [0, 0.05) is 6.92 Å². The molecule has 9 N–H and O–H groups in total. The molecule has 2 aliphatic rings. The number of hydrogen-bond acceptors (Lipinski definition) is 11. The third-order valence-electron chi connectivity index (χ3n) is 4.44. The summed E-state index contributed by atoms with van der Waals surface area (Å²) in [7, 11) is 0. The van der Waals surface area contributed by atoms with E-state index >= 15 is 0 Å². The second kappa shape index (κ2) is 8.84. The monoisotopic (exact) mass is 382 g/mol. The van der Waals surface area contributed by atoms with Gasteiger partial charge in [0.1, 0.15) is 42.7 Å². The van der Waals surface area contributed by atoms with Crippen LogP contribution in [-0.2, 0) is 19.0 Å². The number of aliphatic hydroxyl groups excluding tert-OH is 6. The van der Waals surface area contributed by atoms with Crippen LogP contribution in [0.2, 0.25) is 0 Å². The standard InChI is InChI=1S/C14H26N2O10/c1-4(18)16-8-12(22)10(20)6(25-13(8)23)3-24-14-7(15)11(21)9(19)5(2-17)26-14/h5-14,17,19-23H,2-3,15H2,1H3,(H,16,18)/t5-,6-,7-,8-,9-,10-,11-,12-,13+,14+/m1/s1. The first-order chi connectivity index (χ1) is 12.2. The van der Waals surface area contributed by atoms with E-state index in [-0.39, 0.29) is 6.61 Å². The molecule has 2 fully saturated rings. The van der Waals surface area contributed by atoms with Crippen molar-refractivity contribution in [3.63, 3.8) is 0 Å². The minimum Gasteiger partial charge on any atom is -0.394 e. The van der Waals surface area contributed by atoms with Crippen LogP contribution < -0.4 is 11.1 Å². The minimum atomic E-state index is -1.59. The van der Waals surface area contributed by atoms with Gasteiger partial charge >= 0.3 is 0 Å². The lowest BCUT2D eigenvalue weighted by molar-refractivity contribution is -0.295. The van der Waals surface area contributed by atoms with Crippen molar-refractivity contribution in [3.05, 3.63) is 0 Å². The molecule has 2 saturated heterocycles. The number of hydrogen-bond donors (Lipinski definition) is 8. The molecule has 0 aromatic rings. The van der Waals surface area contributed by atoms with Gasteiger partial charge in [-0.05, 0) is 0 Å². The number of carbonyl (C=O) groups excluding carboxylic acids is 1. The molecule has 0 aromatic heterocycles. The number of nitrogens with two attached hydrogens (primary N) is 1. The molecule has 0 spiro atoms. The Morgan fingerprint density at radius 2 is 1.65 bits per heavy atom. The van der Waals surface area contributed by atoms with E-state index in [1.165, 1.54) is 6.92 Å². The Morgan fingerprint density at radius 1 is 1.04 bits per heavy atom. The number of carbonyl (C=O) groups is 1. The van der Waals surface area contributed by atoms with Crippen LogP contribution in [0.25, 0.3) is 0 Å². The van der Waals surface area contributed by atoms with Crippen molar-refractivity contribution >= 4 is 5.91 Å². The molecular formula is C14H26N2O10. The Morgan fingerprint density at radius 3 is 2.23 bits per heavy atom. The summed E-state index contributed by atoms with van der Waals surface area (Å²) < 4.78 is 15.8. The molecule has 0 saturated carbocycles. The highest BCUT2D eigenvalue weighted by Gasteiger charge is 2.46. The lowest BCUT2D eigenvalue weighted by Crippen LogP contribution is -2.65. The van der Waals surface area contributed by atoms with E-state index in [1.807, 2.05) is 0 Å². The van der Waals surface area contributed by atoms with E-state index in [0.717, 1.165) is 0 Å². The predicted octanol–water partition coefficient (Wildman–Crippen LogP) is -5.29. The fourth-order valence-corrected chi connectivity index (χ4v) is 2.92. The van der Waals surface area contributed by atoms with Crippen LogP contribution in [0, 0.1) is 0 Å². The van der Waals surface area contributed by atoms with Gasteiger partial charge in [-0.1, -0.05) is 0 Å². The predicted molar refractivity (Wildman–Crippen MR) is 82.2 cm³/mol. The van der Waals surface area contributed by atoms with Gasteiger partial charge in [0.25, 0.3) is 0 Å². The molecule has 2 rings (SSSR count). The molecule has 0 unspecified atom stereocenters. The van der Waals surface area contributed by atoms with Crippen molar-refractivity contribution in [1.82, 2.24) is 5.32 Å². The van der Waals surface area contributed by atoms with Crippen molar-refractivity contribution in [2.45, 2.75) is 68.2 Å². The highest BCUT2D eigenvalue weighted by atomic mass is 16.7. The van der Waals surface area contributed by atoms with Gasteiger partial charge in [0.2, 0.25) is 5.91 Å². The molecule has 0 bridgehead atoms. The highest BCUT2D eigenvalue weighted by Crippen LogP contribution is 2.24. The maximum absolute atomic E-state index is 11.1. The number of nitrogens with one attached hydrogen (secondary N) is 1. The van der Waals surface area contributed by atoms with Gasteiger partial charge < -0.3 is 55.9 Å². The average molecular weight is 382 g/mol. The molecule has 2 aliphatic heterocycles. The maximum atomic E-state index is 11.1. The first-order valence-electron chi connectivity index (χ1n) is 8.13.